The summed E-state index contributed by atoms with van der Waals surface area (Å²) < 4.78 is 32.0. The van der Waals surface area contributed by atoms with Gasteiger partial charge in [-0.05, 0) is 42.8 Å². The van der Waals surface area contributed by atoms with Crippen molar-refractivity contribution in [3.8, 4) is 5.75 Å². The van der Waals surface area contributed by atoms with Crippen molar-refractivity contribution >= 4 is 11.8 Å². The molecule has 1 aliphatic heterocycles. The van der Waals surface area contributed by atoms with E-state index in [9.17, 15) is 18.4 Å². The van der Waals surface area contributed by atoms with Crippen molar-refractivity contribution in [2.24, 2.45) is 0 Å². The Morgan fingerprint density at radius 2 is 1.52 bits per heavy atom. The summed E-state index contributed by atoms with van der Waals surface area (Å²) in [7, 11) is 1.56. The van der Waals surface area contributed by atoms with Gasteiger partial charge in [0.25, 0.3) is 11.8 Å². The molecular formula is C20H20F2N2O3. The third-order valence-corrected chi connectivity index (χ3v) is 4.57. The number of carbonyl (C=O) groups excluding carboxylic acids is 2. The molecule has 3 rings (SSSR count). The minimum atomic E-state index is -0.879. The van der Waals surface area contributed by atoms with Crippen LogP contribution in [-0.4, -0.2) is 54.9 Å². The zero-order chi connectivity index (χ0) is 19.4. The fraction of sp³-hybridized carbons (Fsp3) is 0.300. The lowest BCUT2D eigenvalue weighted by atomic mass is 10.1. The molecule has 1 aliphatic rings. The quantitative estimate of drug-likeness (QED) is 0.830. The monoisotopic (exact) mass is 374 g/mol. The van der Waals surface area contributed by atoms with E-state index in [4.69, 9.17) is 4.74 Å². The van der Waals surface area contributed by atoms with Crippen LogP contribution in [0.4, 0.5) is 8.78 Å². The van der Waals surface area contributed by atoms with Gasteiger partial charge in [0, 0.05) is 37.8 Å². The molecule has 0 bridgehead atoms. The highest BCUT2D eigenvalue weighted by Gasteiger charge is 2.25. The van der Waals surface area contributed by atoms with Gasteiger partial charge in [-0.25, -0.2) is 8.78 Å². The molecule has 0 spiro atoms. The molecule has 2 aromatic rings. The molecule has 1 fully saturated rings. The maximum atomic E-state index is 13.9. The highest BCUT2D eigenvalue weighted by molar-refractivity contribution is 5.95. The van der Waals surface area contributed by atoms with Gasteiger partial charge in [-0.3, -0.25) is 9.59 Å². The SMILES string of the molecule is COc1ccc(C(=O)N2CCCN(C(=O)c3ccc(F)cc3F)CC2)cc1. The number of amides is 2. The van der Waals surface area contributed by atoms with Gasteiger partial charge in [-0.1, -0.05) is 0 Å². The Morgan fingerprint density at radius 1 is 0.889 bits per heavy atom. The molecule has 0 atom stereocenters. The van der Waals surface area contributed by atoms with Gasteiger partial charge < -0.3 is 14.5 Å². The summed E-state index contributed by atoms with van der Waals surface area (Å²) in [5.74, 6) is -1.56. The Hall–Kier alpha value is -2.96. The van der Waals surface area contributed by atoms with Gasteiger partial charge in [-0.15, -0.1) is 0 Å². The second kappa shape index (κ2) is 8.16. The van der Waals surface area contributed by atoms with Crippen LogP contribution < -0.4 is 4.74 Å². The number of nitrogens with zero attached hydrogens (tertiary/aromatic N) is 2. The third kappa shape index (κ3) is 4.24. The molecule has 0 N–H and O–H groups in total. The molecule has 7 heteroatoms. The first-order valence-corrected chi connectivity index (χ1v) is 8.67. The normalized spacial score (nSPS) is 14.6. The maximum Gasteiger partial charge on any atom is 0.256 e. The van der Waals surface area contributed by atoms with Crippen LogP contribution >= 0.6 is 0 Å². The number of methoxy groups -OCH3 is 1. The van der Waals surface area contributed by atoms with Crippen molar-refractivity contribution in [2.75, 3.05) is 33.3 Å². The summed E-state index contributed by atoms with van der Waals surface area (Å²) in [5, 5.41) is 0. The molecule has 1 heterocycles. The smallest absolute Gasteiger partial charge is 0.256 e. The lowest BCUT2D eigenvalue weighted by molar-refractivity contribution is 0.0716. The zero-order valence-electron chi connectivity index (χ0n) is 15.0. The minimum absolute atomic E-state index is 0.125. The van der Waals surface area contributed by atoms with Crippen LogP contribution in [0.3, 0.4) is 0 Å². The Morgan fingerprint density at radius 3 is 2.11 bits per heavy atom. The number of hydrogen-bond donors (Lipinski definition) is 0. The lowest BCUT2D eigenvalue weighted by Crippen LogP contribution is -2.37. The van der Waals surface area contributed by atoms with E-state index in [1.54, 1.807) is 36.3 Å². The van der Waals surface area contributed by atoms with Crippen molar-refractivity contribution in [1.82, 2.24) is 9.80 Å². The van der Waals surface area contributed by atoms with Crippen LogP contribution in [0.2, 0.25) is 0 Å². The summed E-state index contributed by atoms with van der Waals surface area (Å²) in [6.07, 6.45) is 0.580. The van der Waals surface area contributed by atoms with Crippen molar-refractivity contribution < 1.29 is 23.1 Å². The second-order valence-corrected chi connectivity index (χ2v) is 6.29. The molecule has 27 heavy (non-hydrogen) atoms. The van der Waals surface area contributed by atoms with Crippen LogP contribution in [0.15, 0.2) is 42.5 Å². The predicted molar refractivity (Wildman–Crippen MR) is 95.8 cm³/mol. The van der Waals surface area contributed by atoms with Crippen molar-refractivity contribution in [1.29, 1.82) is 0 Å². The Labute approximate surface area is 156 Å². The van der Waals surface area contributed by atoms with E-state index in [0.717, 1.165) is 12.1 Å². The molecular weight excluding hydrogens is 354 g/mol. The van der Waals surface area contributed by atoms with E-state index >= 15 is 0 Å². The van der Waals surface area contributed by atoms with Gasteiger partial charge in [0.05, 0.1) is 12.7 Å². The fourth-order valence-electron chi connectivity index (χ4n) is 3.07. The van der Waals surface area contributed by atoms with Crippen LogP contribution in [0, 0.1) is 11.6 Å². The van der Waals surface area contributed by atoms with E-state index in [0.29, 0.717) is 43.4 Å². The highest BCUT2D eigenvalue weighted by Crippen LogP contribution is 2.17. The Bertz CT molecular complexity index is 840. The molecule has 1 saturated heterocycles. The van der Waals surface area contributed by atoms with Gasteiger partial charge in [0.15, 0.2) is 0 Å². The number of carbonyl (C=O) groups is 2. The first-order chi connectivity index (χ1) is 13.0. The van der Waals surface area contributed by atoms with E-state index in [1.165, 1.54) is 4.90 Å². The molecule has 5 nitrogen and oxygen atoms in total. The molecule has 2 amide bonds. The van der Waals surface area contributed by atoms with Crippen LogP contribution in [0.5, 0.6) is 5.75 Å². The summed E-state index contributed by atoms with van der Waals surface area (Å²) in [6, 6.07) is 9.75. The first-order valence-electron chi connectivity index (χ1n) is 8.67. The number of hydrogen-bond acceptors (Lipinski definition) is 3. The third-order valence-electron chi connectivity index (χ3n) is 4.57. The zero-order valence-corrected chi connectivity index (χ0v) is 15.0. The van der Waals surface area contributed by atoms with Crippen LogP contribution in [0.1, 0.15) is 27.1 Å². The first kappa shape index (κ1) is 18.8. The molecule has 2 aromatic carbocycles. The number of halogens is 2. The van der Waals surface area contributed by atoms with Gasteiger partial charge >= 0.3 is 0 Å². The standard InChI is InChI=1S/C20H20F2N2O3/c1-27-16-6-3-14(4-7-16)19(25)23-9-2-10-24(12-11-23)20(26)17-8-5-15(21)13-18(17)22/h3-8,13H,2,9-12H2,1H3. The molecule has 0 radical (unpaired) electrons. The van der Waals surface area contributed by atoms with Gasteiger partial charge in [-0.2, -0.15) is 0 Å². The average molecular weight is 374 g/mol. The predicted octanol–water partition coefficient (Wildman–Crippen LogP) is 2.96. The number of ether oxygens (including phenoxy) is 1. The minimum Gasteiger partial charge on any atom is -0.497 e. The summed E-state index contributed by atoms with van der Waals surface area (Å²) in [4.78, 5) is 28.4. The van der Waals surface area contributed by atoms with E-state index in [2.05, 4.69) is 0 Å². The molecule has 0 aliphatic carbocycles. The lowest BCUT2D eigenvalue weighted by Gasteiger charge is -2.22. The summed E-state index contributed by atoms with van der Waals surface area (Å²) in [6.45, 7) is 1.54. The molecule has 0 aromatic heterocycles. The second-order valence-electron chi connectivity index (χ2n) is 6.29. The van der Waals surface area contributed by atoms with Crippen LogP contribution in [-0.2, 0) is 0 Å². The van der Waals surface area contributed by atoms with Crippen molar-refractivity contribution in [3.63, 3.8) is 0 Å². The topological polar surface area (TPSA) is 49.9 Å². The number of benzene rings is 2. The van der Waals surface area contributed by atoms with Gasteiger partial charge in [0.1, 0.15) is 17.4 Å². The Balaban J connectivity index is 1.67. The average Bonchev–Trinajstić information content (AvgIpc) is 2.93. The van der Waals surface area contributed by atoms with E-state index in [-0.39, 0.29) is 18.0 Å². The molecule has 142 valence electrons. The highest BCUT2D eigenvalue weighted by atomic mass is 19.1. The van der Waals surface area contributed by atoms with E-state index < -0.39 is 17.5 Å². The Kier molecular flexibility index (Phi) is 5.69. The molecule has 0 unspecified atom stereocenters. The maximum absolute atomic E-state index is 13.9. The van der Waals surface area contributed by atoms with Crippen molar-refractivity contribution in [2.45, 2.75) is 6.42 Å². The summed E-state index contributed by atoms with van der Waals surface area (Å²) in [5.41, 5.74) is 0.381. The van der Waals surface area contributed by atoms with Gasteiger partial charge in [0.2, 0.25) is 0 Å². The summed E-state index contributed by atoms with van der Waals surface area (Å²) >= 11 is 0. The van der Waals surface area contributed by atoms with Crippen molar-refractivity contribution in [3.05, 3.63) is 65.2 Å². The largest absolute Gasteiger partial charge is 0.497 e. The molecule has 0 saturated carbocycles. The fourth-order valence-corrected chi connectivity index (χ4v) is 3.07. The number of rotatable bonds is 3. The van der Waals surface area contributed by atoms with E-state index in [1.807, 2.05) is 0 Å². The van der Waals surface area contributed by atoms with Crippen LogP contribution in [0.25, 0.3) is 0 Å².